The summed E-state index contributed by atoms with van der Waals surface area (Å²) in [5.41, 5.74) is 2.50. The van der Waals surface area contributed by atoms with Crippen molar-refractivity contribution < 1.29 is 19.0 Å². The minimum atomic E-state index is -0.546. The number of para-hydroxylation sites is 2. The Morgan fingerprint density at radius 2 is 1.83 bits per heavy atom. The standard InChI is InChI=1S/C28H27N3O5/c1-18-8-4-7-11-23(18)31-26(29-22-10-6-5-9-21(22)28(31)33)19(2)30(14-15-34-3)27(32)20-12-13-24-25(16-20)36-17-35-24/h4-13,16,19H,14-15,17H2,1-3H3. The van der Waals surface area contributed by atoms with Gasteiger partial charge in [-0.3, -0.25) is 14.2 Å². The van der Waals surface area contributed by atoms with Crippen LogP contribution < -0.4 is 15.0 Å². The van der Waals surface area contributed by atoms with E-state index < -0.39 is 6.04 Å². The molecule has 1 aliphatic rings. The third-order valence-electron chi connectivity index (χ3n) is 6.42. The second-order valence-electron chi connectivity index (χ2n) is 8.65. The highest BCUT2D eigenvalue weighted by molar-refractivity contribution is 5.95. The van der Waals surface area contributed by atoms with Crippen molar-refractivity contribution in [2.45, 2.75) is 19.9 Å². The van der Waals surface area contributed by atoms with Gasteiger partial charge >= 0.3 is 0 Å². The molecule has 1 aromatic heterocycles. The molecule has 4 aromatic rings. The Balaban J connectivity index is 1.66. The normalized spacial score (nSPS) is 13.1. The van der Waals surface area contributed by atoms with Gasteiger partial charge in [-0.2, -0.15) is 0 Å². The lowest BCUT2D eigenvalue weighted by molar-refractivity contribution is 0.0605. The fraction of sp³-hybridized carbons (Fsp3) is 0.250. The summed E-state index contributed by atoms with van der Waals surface area (Å²) in [4.78, 5) is 34.1. The summed E-state index contributed by atoms with van der Waals surface area (Å²) in [7, 11) is 1.59. The molecule has 1 aliphatic heterocycles. The molecule has 0 saturated heterocycles. The largest absolute Gasteiger partial charge is 0.454 e. The van der Waals surface area contributed by atoms with Gasteiger partial charge in [0.05, 0.1) is 29.2 Å². The predicted octanol–water partition coefficient (Wildman–Crippen LogP) is 4.27. The van der Waals surface area contributed by atoms with E-state index in [0.29, 0.717) is 46.9 Å². The second kappa shape index (κ2) is 9.83. The molecule has 0 saturated carbocycles. The van der Waals surface area contributed by atoms with Crippen LogP contribution in [0.15, 0.2) is 71.5 Å². The van der Waals surface area contributed by atoms with Gasteiger partial charge in [0.1, 0.15) is 5.82 Å². The van der Waals surface area contributed by atoms with Crippen molar-refractivity contribution in [2.24, 2.45) is 0 Å². The van der Waals surface area contributed by atoms with Crippen LogP contribution in [0, 0.1) is 6.92 Å². The SMILES string of the molecule is COCCN(C(=O)c1ccc2c(c1)OCO2)C(C)c1nc2ccccc2c(=O)n1-c1ccccc1C. The number of benzene rings is 3. The number of ether oxygens (including phenoxy) is 3. The summed E-state index contributed by atoms with van der Waals surface area (Å²) in [6.45, 7) is 4.59. The first-order valence-corrected chi connectivity index (χ1v) is 11.8. The second-order valence-corrected chi connectivity index (χ2v) is 8.65. The summed E-state index contributed by atoms with van der Waals surface area (Å²) >= 11 is 0. The van der Waals surface area contributed by atoms with Gasteiger partial charge in [0.15, 0.2) is 11.5 Å². The Morgan fingerprint density at radius 3 is 2.64 bits per heavy atom. The van der Waals surface area contributed by atoms with Gasteiger partial charge in [-0.05, 0) is 55.8 Å². The van der Waals surface area contributed by atoms with E-state index in [0.717, 1.165) is 11.3 Å². The highest BCUT2D eigenvalue weighted by atomic mass is 16.7. The third-order valence-corrected chi connectivity index (χ3v) is 6.42. The minimum Gasteiger partial charge on any atom is -0.454 e. The van der Waals surface area contributed by atoms with Crippen molar-refractivity contribution in [1.29, 1.82) is 0 Å². The topological polar surface area (TPSA) is 82.9 Å². The molecule has 1 amide bonds. The van der Waals surface area contributed by atoms with Gasteiger partial charge in [0.25, 0.3) is 11.5 Å². The summed E-state index contributed by atoms with van der Waals surface area (Å²) in [5.74, 6) is 1.38. The zero-order valence-electron chi connectivity index (χ0n) is 20.4. The zero-order valence-corrected chi connectivity index (χ0v) is 20.4. The molecule has 5 rings (SSSR count). The summed E-state index contributed by atoms with van der Waals surface area (Å²) in [6.07, 6.45) is 0. The molecule has 8 nitrogen and oxygen atoms in total. The van der Waals surface area contributed by atoms with E-state index in [9.17, 15) is 9.59 Å². The van der Waals surface area contributed by atoms with Crippen molar-refractivity contribution in [2.75, 3.05) is 27.1 Å². The van der Waals surface area contributed by atoms with E-state index in [1.807, 2.05) is 56.3 Å². The Kier molecular flexibility index (Phi) is 6.43. The van der Waals surface area contributed by atoms with E-state index in [1.165, 1.54) is 0 Å². The number of hydrogen-bond donors (Lipinski definition) is 0. The average molecular weight is 486 g/mol. The molecule has 2 heterocycles. The number of hydrogen-bond acceptors (Lipinski definition) is 6. The molecule has 3 aromatic carbocycles. The van der Waals surface area contributed by atoms with Crippen molar-refractivity contribution in [3.05, 3.63) is 94.0 Å². The fourth-order valence-corrected chi connectivity index (χ4v) is 4.47. The lowest BCUT2D eigenvalue weighted by atomic mass is 10.1. The first-order valence-electron chi connectivity index (χ1n) is 11.8. The Bertz CT molecular complexity index is 1500. The van der Waals surface area contributed by atoms with E-state index in [4.69, 9.17) is 19.2 Å². The molecule has 8 heteroatoms. The van der Waals surface area contributed by atoms with Gasteiger partial charge in [-0.1, -0.05) is 30.3 Å². The number of amides is 1. The van der Waals surface area contributed by atoms with Crippen LogP contribution in [0.5, 0.6) is 11.5 Å². The Labute approximate surface area is 208 Å². The highest BCUT2D eigenvalue weighted by Crippen LogP contribution is 2.34. The van der Waals surface area contributed by atoms with Crippen LogP contribution in [-0.2, 0) is 4.74 Å². The molecule has 0 fully saturated rings. The first kappa shape index (κ1) is 23.6. The van der Waals surface area contributed by atoms with Gasteiger partial charge in [0, 0.05) is 19.2 Å². The van der Waals surface area contributed by atoms with E-state index in [-0.39, 0.29) is 18.3 Å². The summed E-state index contributed by atoms with van der Waals surface area (Å²) in [5, 5.41) is 0.516. The first-order chi connectivity index (χ1) is 17.5. The highest BCUT2D eigenvalue weighted by Gasteiger charge is 2.29. The van der Waals surface area contributed by atoms with Gasteiger partial charge in [-0.25, -0.2) is 4.98 Å². The molecule has 184 valence electrons. The Hall–Kier alpha value is -4.17. The minimum absolute atomic E-state index is 0.125. The number of aryl methyl sites for hydroxylation is 1. The van der Waals surface area contributed by atoms with Gasteiger partial charge in [-0.15, -0.1) is 0 Å². The smallest absolute Gasteiger partial charge is 0.266 e. The molecule has 0 radical (unpaired) electrons. The number of methoxy groups -OCH3 is 1. The van der Waals surface area contributed by atoms with E-state index in [2.05, 4.69) is 0 Å². The van der Waals surface area contributed by atoms with Crippen molar-refractivity contribution >= 4 is 16.8 Å². The maximum absolute atomic E-state index is 13.8. The zero-order chi connectivity index (χ0) is 25.2. The maximum Gasteiger partial charge on any atom is 0.266 e. The molecule has 1 atom stereocenters. The summed E-state index contributed by atoms with van der Waals surface area (Å²) in [6, 6.07) is 19.5. The van der Waals surface area contributed by atoms with Crippen LogP contribution in [0.25, 0.3) is 16.6 Å². The van der Waals surface area contributed by atoms with Crippen LogP contribution in [0.1, 0.15) is 34.7 Å². The predicted molar refractivity (Wildman–Crippen MR) is 136 cm³/mol. The van der Waals surface area contributed by atoms with E-state index in [1.54, 1.807) is 40.8 Å². The number of aromatic nitrogens is 2. The molecule has 1 unspecified atom stereocenters. The van der Waals surface area contributed by atoms with Crippen molar-refractivity contribution in [3.8, 4) is 17.2 Å². The van der Waals surface area contributed by atoms with Crippen LogP contribution in [0.4, 0.5) is 0 Å². The number of carbonyl (C=O) groups is 1. The molecule has 0 bridgehead atoms. The van der Waals surface area contributed by atoms with Crippen molar-refractivity contribution in [1.82, 2.24) is 14.5 Å². The molecule has 0 aliphatic carbocycles. The fourth-order valence-electron chi connectivity index (χ4n) is 4.47. The van der Waals surface area contributed by atoms with Crippen LogP contribution in [0.2, 0.25) is 0 Å². The third kappa shape index (κ3) is 4.20. The van der Waals surface area contributed by atoms with E-state index >= 15 is 0 Å². The summed E-state index contributed by atoms with van der Waals surface area (Å²) < 4.78 is 17.8. The van der Waals surface area contributed by atoms with Gasteiger partial charge < -0.3 is 19.1 Å². The molecule has 0 N–H and O–H groups in total. The number of rotatable bonds is 7. The molecule has 0 spiro atoms. The average Bonchev–Trinajstić information content (AvgIpc) is 3.37. The number of carbonyl (C=O) groups excluding carboxylic acids is 1. The molecule has 36 heavy (non-hydrogen) atoms. The Morgan fingerprint density at radius 1 is 1.08 bits per heavy atom. The van der Waals surface area contributed by atoms with Crippen LogP contribution in [-0.4, -0.2) is 47.4 Å². The molecular weight excluding hydrogens is 458 g/mol. The van der Waals surface area contributed by atoms with Crippen LogP contribution >= 0.6 is 0 Å². The monoisotopic (exact) mass is 485 g/mol. The lowest BCUT2D eigenvalue weighted by Crippen LogP contribution is -2.39. The molecular formula is C28H27N3O5. The number of nitrogens with zero attached hydrogens (tertiary/aromatic N) is 3. The maximum atomic E-state index is 13.8. The quantitative estimate of drug-likeness (QED) is 0.389. The van der Waals surface area contributed by atoms with Gasteiger partial charge in [0.2, 0.25) is 6.79 Å². The van der Waals surface area contributed by atoms with Crippen LogP contribution in [0.3, 0.4) is 0 Å². The lowest BCUT2D eigenvalue weighted by Gasteiger charge is -2.31. The van der Waals surface area contributed by atoms with Crippen molar-refractivity contribution in [3.63, 3.8) is 0 Å². The number of fused-ring (bicyclic) bond motifs is 2.